The molecule has 0 radical (unpaired) electrons. The van der Waals surface area contributed by atoms with Gasteiger partial charge in [-0.2, -0.15) is 5.10 Å². The van der Waals surface area contributed by atoms with E-state index in [0.717, 1.165) is 35.4 Å². The first-order chi connectivity index (χ1) is 12.2. The molecule has 3 heterocycles. The molecule has 0 saturated heterocycles. The van der Waals surface area contributed by atoms with Gasteiger partial charge < -0.3 is 16.0 Å². The molecule has 130 valence electrons. The van der Waals surface area contributed by atoms with E-state index in [4.69, 9.17) is 5.73 Å². The molecule has 1 atom stereocenters. The Kier molecular flexibility index (Phi) is 4.09. The second kappa shape index (κ2) is 6.54. The van der Waals surface area contributed by atoms with Crippen molar-refractivity contribution in [2.75, 3.05) is 5.32 Å². The third-order valence-corrected chi connectivity index (χ3v) is 4.91. The lowest BCUT2D eigenvalue weighted by molar-refractivity contribution is -0.119. The smallest absolute Gasteiger partial charge is 0.219 e. The number of nitrogens with two attached hydrogens (primary N) is 1. The summed E-state index contributed by atoms with van der Waals surface area (Å²) in [6.45, 7) is 0. The first-order valence-electron chi connectivity index (χ1n) is 8.58. The molecule has 3 aromatic rings. The second-order valence-electron chi connectivity index (χ2n) is 6.58. The first-order valence-corrected chi connectivity index (χ1v) is 8.58. The van der Waals surface area contributed by atoms with Gasteiger partial charge in [-0.25, -0.2) is 9.97 Å². The Hall–Kier alpha value is -2.90. The number of hydrogen-bond donors (Lipinski definition) is 3. The summed E-state index contributed by atoms with van der Waals surface area (Å²) in [4.78, 5) is 23.0. The van der Waals surface area contributed by atoms with Gasteiger partial charge in [-0.15, -0.1) is 0 Å². The van der Waals surface area contributed by atoms with E-state index in [1.807, 2.05) is 23.1 Å². The van der Waals surface area contributed by atoms with Gasteiger partial charge in [-0.05, 0) is 24.8 Å². The summed E-state index contributed by atoms with van der Waals surface area (Å²) < 4.78 is 1.87. The molecule has 0 spiro atoms. The summed E-state index contributed by atoms with van der Waals surface area (Å²) in [5.74, 6) is 0.889. The molecule has 1 unspecified atom stereocenters. The van der Waals surface area contributed by atoms with E-state index in [9.17, 15) is 4.79 Å². The maximum atomic E-state index is 11.5. The lowest BCUT2D eigenvalue weighted by Crippen LogP contribution is -2.24. The molecule has 4 N–H and O–H groups in total. The minimum Gasteiger partial charge on any atom is -0.370 e. The number of hydrogen-bond acceptors (Lipinski definition) is 5. The van der Waals surface area contributed by atoms with Crippen LogP contribution >= 0.6 is 0 Å². The largest absolute Gasteiger partial charge is 0.370 e. The van der Waals surface area contributed by atoms with Crippen LogP contribution in [0.15, 0.2) is 31.0 Å². The molecule has 4 rings (SSSR count). The number of aromatic nitrogens is 5. The van der Waals surface area contributed by atoms with Gasteiger partial charge in [0, 0.05) is 18.8 Å². The maximum Gasteiger partial charge on any atom is 0.219 e. The predicted molar refractivity (Wildman–Crippen MR) is 94.2 cm³/mol. The monoisotopic (exact) mass is 339 g/mol. The van der Waals surface area contributed by atoms with E-state index < -0.39 is 0 Å². The number of carbonyl (C=O) groups is 1. The molecule has 0 bridgehead atoms. The molecule has 8 nitrogen and oxygen atoms in total. The van der Waals surface area contributed by atoms with Gasteiger partial charge in [0.1, 0.15) is 17.8 Å². The van der Waals surface area contributed by atoms with Gasteiger partial charge >= 0.3 is 0 Å². The van der Waals surface area contributed by atoms with Crippen LogP contribution < -0.4 is 11.1 Å². The fraction of sp³-hybridized carbons (Fsp3) is 0.412. The lowest BCUT2D eigenvalue weighted by atomic mass is 9.95. The van der Waals surface area contributed by atoms with Gasteiger partial charge in [-0.1, -0.05) is 12.8 Å². The molecule has 0 aliphatic heterocycles. The van der Waals surface area contributed by atoms with Crippen molar-refractivity contribution in [3.8, 4) is 0 Å². The summed E-state index contributed by atoms with van der Waals surface area (Å²) in [6.07, 6.45) is 12.0. The number of H-pyrrole nitrogens is 1. The van der Waals surface area contributed by atoms with Crippen molar-refractivity contribution in [2.45, 2.75) is 38.1 Å². The molecule has 1 aliphatic carbocycles. The second-order valence-corrected chi connectivity index (χ2v) is 6.58. The predicted octanol–water partition coefficient (Wildman–Crippen LogP) is 2.50. The zero-order valence-electron chi connectivity index (χ0n) is 13.9. The zero-order valence-corrected chi connectivity index (χ0v) is 13.9. The average molecular weight is 339 g/mol. The molecule has 1 saturated carbocycles. The van der Waals surface area contributed by atoms with E-state index in [1.165, 1.54) is 19.2 Å². The number of anilines is 2. The van der Waals surface area contributed by atoms with Crippen molar-refractivity contribution >= 4 is 28.4 Å². The molecule has 25 heavy (non-hydrogen) atoms. The summed E-state index contributed by atoms with van der Waals surface area (Å²) in [7, 11) is 0. The van der Waals surface area contributed by atoms with E-state index >= 15 is 0 Å². The van der Waals surface area contributed by atoms with Crippen molar-refractivity contribution in [3.05, 3.63) is 31.0 Å². The maximum absolute atomic E-state index is 11.5. The molecular weight excluding hydrogens is 318 g/mol. The standard InChI is InChI=1S/C17H21N7O/c18-15(25)7-14(11-3-1-2-4-11)24-9-12(8-22-24)23-17-13-5-6-19-16(13)20-10-21-17/h5-6,8-11,14H,1-4,7H2,(H2,18,25)(H2,19,20,21,23). The minimum absolute atomic E-state index is 0.0215. The SMILES string of the molecule is NC(=O)CC(C1CCCC1)n1cc(Nc2ncnc3[nH]ccc23)cn1. The summed E-state index contributed by atoms with van der Waals surface area (Å²) in [6, 6.07) is 1.95. The Labute approximate surface area is 144 Å². The van der Waals surface area contributed by atoms with Gasteiger partial charge in [0.15, 0.2) is 0 Å². The molecular formula is C17H21N7O. The van der Waals surface area contributed by atoms with Crippen molar-refractivity contribution < 1.29 is 4.79 Å². The highest BCUT2D eigenvalue weighted by Crippen LogP contribution is 2.36. The topological polar surface area (TPSA) is 115 Å². The van der Waals surface area contributed by atoms with Gasteiger partial charge in [-0.3, -0.25) is 9.48 Å². The van der Waals surface area contributed by atoms with Crippen LogP contribution in [0.25, 0.3) is 11.0 Å². The molecule has 1 aliphatic rings. The third kappa shape index (κ3) is 3.19. The van der Waals surface area contributed by atoms with Crippen LogP contribution in [0, 0.1) is 5.92 Å². The zero-order chi connectivity index (χ0) is 17.2. The van der Waals surface area contributed by atoms with Gasteiger partial charge in [0.05, 0.1) is 23.3 Å². The van der Waals surface area contributed by atoms with Crippen LogP contribution in [-0.2, 0) is 4.79 Å². The molecule has 3 aromatic heterocycles. The fourth-order valence-electron chi connectivity index (χ4n) is 3.72. The van der Waals surface area contributed by atoms with Crippen LogP contribution in [0.1, 0.15) is 38.1 Å². The van der Waals surface area contributed by atoms with Crippen molar-refractivity contribution in [1.29, 1.82) is 0 Å². The first kappa shape index (κ1) is 15.6. The number of primary amides is 1. The van der Waals surface area contributed by atoms with E-state index in [-0.39, 0.29) is 11.9 Å². The van der Waals surface area contributed by atoms with Crippen LogP contribution in [0.3, 0.4) is 0 Å². The van der Waals surface area contributed by atoms with Crippen molar-refractivity contribution in [1.82, 2.24) is 24.7 Å². The number of amides is 1. The van der Waals surface area contributed by atoms with E-state index in [1.54, 1.807) is 6.20 Å². The summed E-state index contributed by atoms with van der Waals surface area (Å²) in [5.41, 5.74) is 7.07. The number of carbonyl (C=O) groups excluding carboxylic acids is 1. The van der Waals surface area contributed by atoms with Crippen LogP contribution in [-0.4, -0.2) is 30.6 Å². The molecule has 0 aromatic carbocycles. The van der Waals surface area contributed by atoms with E-state index in [0.29, 0.717) is 12.3 Å². The lowest BCUT2D eigenvalue weighted by Gasteiger charge is -2.22. The number of fused-ring (bicyclic) bond motifs is 1. The van der Waals surface area contributed by atoms with Crippen LogP contribution in [0.5, 0.6) is 0 Å². The van der Waals surface area contributed by atoms with Crippen LogP contribution in [0.2, 0.25) is 0 Å². The van der Waals surface area contributed by atoms with Crippen LogP contribution in [0.4, 0.5) is 11.5 Å². The normalized spacial score (nSPS) is 16.3. The highest BCUT2D eigenvalue weighted by atomic mass is 16.1. The highest BCUT2D eigenvalue weighted by Gasteiger charge is 2.28. The average Bonchev–Trinajstić information content (AvgIpc) is 3.34. The molecule has 8 heteroatoms. The Morgan fingerprint density at radius 2 is 2.24 bits per heavy atom. The fourth-order valence-corrected chi connectivity index (χ4v) is 3.72. The molecule has 1 amide bonds. The quantitative estimate of drug-likeness (QED) is 0.638. The summed E-state index contributed by atoms with van der Waals surface area (Å²) >= 11 is 0. The molecule has 1 fully saturated rings. The van der Waals surface area contributed by atoms with Crippen molar-refractivity contribution in [3.63, 3.8) is 0 Å². The van der Waals surface area contributed by atoms with Crippen molar-refractivity contribution in [2.24, 2.45) is 11.7 Å². The Balaban J connectivity index is 1.57. The minimum atomic E-state index is -0.285. The Morgan fingerprint density at radius 3 is 3.04 bits per heavy atom. The number of nitrogens with one attached hydrogen (secondary N) is 2. The Morgan fingerprint density at radius 1 is 1.40 bits per heavy atom. The number of aromatic amines is 1. The number of nitrogens with zero attached hydrogens (tertiary/aromatic N) is 4. The van der Waals surface area contributed by atoms with Gasteiger partial charge in [0.2, 0.25) is 5.91 Å². The van der Waals surface area contributed by atoms with Gasteiger partial charge in [0.25, 0.3) is 0 Å². The van der Waals surface area contributed by atoms with E-state index in [2.05, 4.69) is 25.4 Å². The number of rotatable bonds is 6. The third-order valence-electron chi connectivity index (χ3n) is 4.91. The summed E-state index contributed by atoms with van der Waals surface area (Å²) in [5, 5.41) is 8.67. The Bertz CT molecular complexity index is 878. The highest BCUT2D eigenvalue weighted by molar-refractivity contribution is 5.88.